The van der Waals surface area contributed by atoms with E-state index in [1.807, 2.05) is 30.3 Å². The highest BCUT2D eigenvalue weighted by atomic mass is 35.5. The van der Waals surface area contributed by atoms with Crippen molar-refractivity contribution in [1.82, 2.24) is 10.3 Å². The quantitative estimate of drug-likeness (QED) is 0.816. The molecule has 2 unspecified atom stereocenters. The lowest BCUT2D eigenvalue weighted by Crippen LogP contribution is -2.35. The number of benzene rings is 1. The van der Waals surface area contributed by atoms with Gasteiger partial charge in [0.25, 0.3) is 0 Å². The number of nitrogens with one attached hydrogen (secondary N) is 1. The van der Waals surface area contributed by atoms with Gasteiger partial charge < -0.3 is 10.4 Å². The normalized spacial score (nSPS) is 22.0. The third-order valence-corrected chi connectivity index (χ3v) is 5.67. The van der Waals surface area contributed by atoms with Crippen LogP contribution in [0.3, 0.4) is 0 Å². The summed E-state index contributed by atoms with van der Waals surface area (Å²) >= 11 is 5.99. The van der Waals surface area contributed by atoms with Crippen LogP contribution < -0.4 is 5.32 Å². The van der Waals surface area contributed by atoms with E-state index >= 15 is 0 Å². The lowest BCUT2D eigenvalue weighted by atomic mass is 9.72. The van der Waals surface area contributed by atoms with Gasteiger partial charge in [0.05, 0.1) is 5.57 Å². The van der Waals surface area contributed by atoms with Gasteiger partial charge in [0.15, 0.2) is 5.78 Å². The number of Topliss-reactive ketones (excluding diaryl/α,β-unsaturated/α-hetero) is 1. The Balaban J connectivity index is 1.78. The first kappa shape index (κ1) is 18.4. The van der Waals surface area contributed by atoms with Gasteiger partial charge in [0, 0.05) is 46.7 Å². The number of halogens is 1. The number of allylic oxidation sites excluding steroid dienone is 3. The van der Waals surface area contributed by atoms with Crippen molar-refractivity contribution in [2.75, 3.05) is 0 Å². The number of dihydropyridines is 1. The van der Waals surface area contributed by atoms with Crippen LogP contribution in [-0.4, -0.2) is 21.8 Å². The monoisotopic (exact) mass is 394 g/mol. The molecule has 0 amide bonds. The molecule has 6 heteroatoms. The summed E-state index contributed by atoms with van der Waals surface area (Å²) in [4.78, 5) is 29.3. The summed E-state index contributed by atoms with van der Waals surface area (Å²) in [5.41, 5.74) is 3.87. The molecule has 0 fully saturated rings. The number of carboxylic acid groups (broad SMARTS) is 1. The second-order valence-corrected chi connectivity index (χ2v) is 7.60. The highest BCUT2D eigenvalue weighted by Gasteiger charge is 2.40. The second-order valence-electron chi connectivity index (χ2n) is 7.16. The van der Waals surface area contributed by atoms with Gasteiger partial charge in [0.2, 0.25) is 0 Å². The summed E-state index contributed by atoms with van der Waals surface area (Å²) in [6, 6.07) is 11.1. The summed E-state index contributed by atoms with van der Waals surface area (Å²) < 4.78 is 0. The summed E-state index contributed by atoms with van der Waals surface area (Å²) in [5.74, 6) is -1.64. The van der Waals surface area contributed by atoms with Crippen LogP contribution in [-0.2, 0) is 9.59 Å². The van der Waals surface area contributed by atoms with Gasteiger partial charge in [-0.05, 0) is 48.6 Å². The first-order chi connectivity index (χ1) is 13.5. The number of ketones is 1. The number of nitrogens with zero attached hydrogens (tertiary/aromatic N) is 1. The first-order valence-corrected chi connectivity index (χ1v) is 9.46. The van der Waals surface area contributed by atoms with E-state index in [4.69, 9.17) is 11.6 Å². The van der Waals surface area contributed by atoms with Crippen molar-refractivity contribution in [3.63, 3.8) is 0 Å². The molecule has 1 aromatic heterocycles. The molecule has 2 N–H and O–H groups in total. The number of carboxylic acids is 1. The Morgan fingerprint density at radius 1 is 1.18 bits per heavy atom. The van der Waals surface area contributed by atoms with E-state index in [2.05, 4.69) is 10.3 Å². The van der Waals surface area contributed by atoms with Crippen LogP contribution in [0.25, 0.3) is 0 Å². The maximum Gasteiger partial charge on any atom is 0.334 e. The number of hydrogen-bond acceptors (Lipinski definition) is 4. The molecule has 0 saturated heterocycles. The molecule has 1 aliphatic carbocycles. The number of pyridine rings is 1. The Bertz CT molecular complexity index is 1010. The van der Waals surface area contributed by atoms with Crippen LogP contribution in [0.1, 0.15) is 42.7 Å². The third kappa shape index (κ3) is 3.22. The lowest BCUT2D eigenvalue weighted by molar-refractivity contribution is -0.133. The molecule has 0 radical (unpaired) electrons. The maximum absolute atomic E-state index is 13.2. The number of hydrogen-bond donors (Lipinski definition) is 2. The zero-order valence-corrected chi connectivity index (χ0v) is 16.0. The molecule has 5 nitrogen and oxygen atoms in total. The van der Waals surface area contributed by atoms with E-state index in [9.17, 15) is 14.7 Å². The summed E-state index contributed by atoms with van der Waals surface area (Å²) in [6.07, 6.45) is 4.25. The van der Waals surface area contributed by atoms with Crippen molar-refractivity contribution in [3.8, 4) is 0 Å². The average Bonchev–Trinajstić information content (AvgIpc) is 2.67. The van der Waals surface area contributed by atoms with E-state index in [1.165, 1.54) is 0 Å². The standard InChI is InChI=1S/C22H19ClN2O3/c1-12-19(22(27)28)20(14-3-2-8-24-11-14)21-17(25-12)9-15(10-18(21)26)13-4-6-16(23)7-5-13/h2-8,11,15,20,25H,9-10H2,1H3,(H,27,28). The smallest absolute Gasteiger partial charge is 0.334 e. The highest BCUT2D eigenvalue weighted by molar-refractivity contribution is 6.30. The van der Waals surface area contributed by atoms with E-state index in [0.717, 1.165) is 11.3 Å². The van der Waals surface area contributed by atoms with Crippen molar-refractivity contribution in [2.45, 2.75) is 31.6 Å². The third-order valence-electron chi connectivity index (χ3n) is 5.42. The number of carbonyl (C=O) groups is 2. The van der Waals surface area contributed by atoms with Gasteiger partial charge in [-0.15, -0.1) is 0 Å². The van der Waals surface area contributed by atoms with Crippen molar-refractivity contribution >= 4 is 23.4 Å². The van der Waals surface area contributed by atoms with Crippen LogP contribution in [0, 0.1) is 0 Å². The van der Waals surface area contributed by atoms with Crippen molar-refractivity contribution in [1.29, 1.82) is 0 Å². The molecule has 142 valence electrons. The van der Waals surface area contributed by atoms with Gasteiger partial charge in [-0.3, -0.25) is 9.78 Å². The van der Waals surface area contributed by atoms with Crippen LogP contribution in [0.2, 0.25) is 5.02 Å². The molecule has 1 aromatic carbocycles. The van der Waals surface area contributed by atoms with Crippen LogP contribution in [0.5, 0.6) is 0 Å². The minimum Gasteiger partial charge on any atom is -0.478 e. The fourth-order valence-electron chi connectivity index (χ4n) is 4.17. The van der Waals surface area contributed by atoms with Gasteiger partial charge in [0.1, 0.15) is 0 Å². The molecular formula is C22H19ClN2O3. The Kier molecular flexibility index (Phi) is 4.77. The molecule has 2 aromatic rings. The van der Waals surface area contributed by atoms with Crippen molar-refractivity contribution in [3.05, 3.63) is 87.5 Å². The fourth-order valence-corrected chi connectivity index (χ4v) is 4.30. The maximum atomic E-state index is 13.2. The molecule has 2 aliphatic rings. The van der Waals surface area contributed by atoms with Crippen LogP contribution >= 0.6 is 11.6 Å². The van der Waals surface area contributed by atoms with Gasteiger partial charge in [-0.25, -0.2) is 4.79 Å². The van der Waals surface area contributed by atoms with E-state index < -0.39 is 11.9 Å². The zero-order chi connectivity index (χ0) is 19.8. The summed E-state index contributed by atoms with van der Waals surface area (Å²) in [7, 11) is 0. The zero-order valence-electron chi connectivity index (χ0n) is 15.3. The number of carbonyl (C=O) groups excluding carboxylic acids is 1. The average molecular weight is 395 g/mol. The summed E-state index contributed by atoms with van der Waals surface area (Å²) in [6.45, 7) is 1.74. The topological polar surface area (TPSA) is 79.3 Å². The van der Waals surface area contributed by atoms with Gasteiger partial charge in [-0.1, -0.05) is 29.8 Å². The van der Waals surface area contributed by atoms with Crippen LogP contribution in [0.15, 0.2) is 71.3 Å². The number of aliphatic carboxylic acids is 1. The molecule has 0 bridgehead atoms. The van der Waals surface area contributed by atoms with Gasteiger partial charge in [-0.2, -0.15) is 0 Å². The fraction of sp³-hybridized carbons (Fsp3) is 0.227. The molecule has 2 atom stereocenters. The molecule has 0 saturated carbocycles. The predicted octanol–water partition coefficient (Wildman–Crippen LogP) is 4.18. The lowest BCUT2D eigenvalue weighted by Gasteiger charge is -2.36. The Labute approximate surface area is 167 Å². The van der Waals surface area contributed by atoms with Crippen molar-refractivity contribution < 1.29 is 14.7 Å². The minimum absolute atomic E-state index is 0.0322. The van der Waals surface area contributed by atoms with Crippen LogP contribution in [0.4, 0.5) is 0 Å². The van der Waals surface area contributed by atoms with Crippen molar-refractivity contribution in [2.24, 2.45) is 0 Å². The molecule has 2 heterocycles. The second kappa shape index (κ2) is 7.24. The molecule has 4 rings (SSSR count). The molecule has 28 heavy (non-hydrogen) atoms. The van der Waals surface area contributed by atoms with E-state index in [-0.39, 0.29) is 17.3 Å². The number of rotatable bonds is 3. The van der Waals surface area contributed by atoms with E-state index in [1.54, 1.807) is 25.4 Å². The SMILES string of the molecule is CC1=C(C(=O)O)C(c2cccnc2)C2=C(CC(c3ccc(Cl)cc3)CC2=O)N1. The first-order valence-electron chi connectivity index (χ1n) is 9.08. The molecule has 1 aliphatic heterocycles. The minimum atomic E-state index is -1.03. The molecule has 0 spiro atoms. The Morgan fingerprint density at radius 3 is 2.57 bits per heavy atom. The Morgan fingerprint density at radius 2 is 1.93 bits per heavy atom. The largest absolute Gasteiger partial charge is 0.478 e. The predicted molar refractivity (Wildman–Crippen MR) is 106 cm³/mol. The van der Waals surface area contributed by atoms with Gasteiger partial charge >= 0.3 is 5.97 Å². The number of aromatic nitrogens is 1. The highest BCUT2D eigenvalue weighted by Crippen LogP contribution is 2.45. The summed E-state index contributed by atoms with van der Waals surface area (Å²) in [5, 5.41) is 13.7. The van der Waals surface area contributed by atoms with E-state index in [0.29, 0.717) is 34.7 Å². The molecular weight excluding hydrogens is 376 g/mol. The Hall–Kier alpha value is -2.92.